The molecule has 0 aliphatic rings. The van der Waals surface area contributed by atoms with Crippen LogP contribution in [0, 0.1) is 6.92 Å². The van der Waals surface area contributed by atoms with Gasteiger partial charge in [-0.2, -0.15) is 0 Å². The number of thiophene rings is 1. The highest BCUT2D eigenvalue weighted by atomic mass is 79.9. The molecule has 0 aliphatic heterocycles. The van der Waals surface area contributed by atoms with Crippen LogP contribution in [0.2, 0.25) is 0 Å². The molecule has 0 saturated heterocycles. The average Bonchev–Trinajstić information content (AvgIpc) is 2.98. The van der Waals surface area contributed by atoms with Gasteiger partial charge in [0.2, 0.25) is 0 Å². The molecule has 0 radical (unpaired) electrons. The number of nitrogens with one attached hydrogen (secondary N) is 1. The highest BCUT2D eigenvalue weighted by Gasteiger charge is 2.17. The number of anilines is 1. The molecule has 0 atom stereocenters. The monoisotopic (exact) mass is 413 g/mol. The summed E-state index contributed by atoms with van der Waals surface area (Å²) in [4.78, 5) is 14.6. The van der Waals surface area contributed by atoms with Crippen LogP contribution in [0.15, 0.2) is 41.1 Å². The van der Waals surface area contributed by atoms with E-state index in [0.717, 1.165) is 47.5 Å². The van der Waals surface area contributed by atoms with Crippen molar-refractivity contribution in [3.05, 3.63) is 46.8 Å². The van der Waals surface area contributed by atoms with E-state index in [1.54, 1.807) is 17.7 Å². The standard InChI is InChI=1S/C18H16BrN5S/c1-10-8-13(11-2-4-12(19)5-3-11)14-15-16(25-18(14)24-10)17(21-7-6-20)23-9-22-15/h2-5,8-9H,6-7,20H2,1H3,(H,21,22,23). The Morgan fingerprint density at radius 2 is 2.00 bits per heavy atom. The van der Waals surface area contributed by atoms with Crippen molar-refractivity contribution in [3.63, 3.8) is 0 Å². The summed E-state index contributed by atoms with van der Waals surface area (Å²) in [6, 6.07) is 10.4. The van der Waals surface area contributed by atoms with E-state index in [9.17, 15) is 0 Å². The van der Waals surface area contributed by atoms with Gasteiger partial charge in [0.25, 0.3) is 0 Å². The van der Waals surface area contributed by atoms with E-state index < -0.39 is 0 Å². The summed E-state index contributed by atoms with van der Waals surface area (Å²) in [6.07, 6.45) is 1.60. The second-order valence-electron chi connectivity index (χ2n) is 5.72. The zero-order valence-electron chi connectivity index (χ0n) is 13.6. The van der Waals surface area contributed by atoms with E-state index in [4.69, 9.17) is 10.7 Å². The Hall–Kier alpha value is -2.09. The Kier molecular flexibility index (Phi) is 4.37. The summed E-state index contributed by atoms with van der Waals surface area (Å²) in [5, 5.41) is 4.36. The molecule has 0 amide bonds. The highest BCUT2D eigenvalue weighted by molar-refractivity contribution is 9.10. The molecular weight excluding hydrogens is 398 g/mol. The van der Waals surface area contributed by atoms with Crippen molar-refractivity contribution in [2.24, 2.45) is 5.73 Å². The van der Waals surface area contributed by atoms with Gasteiger partial charge in [0, 0.05) is 28.6 Å². The number of benzene rings is 1. The molecule has 5 nitrogen and oxygen atoms in total. The zero-order chi connectivity index (χ0) is 17.4. The van der Waals surface area contributed by atoms with Crippen LogP contribution in [0.4, 0.5) is 5.82 Å². The molecule has 7 heteroatoms. The van der Waals surface area contributed by atoms with Gasteiger partial charge in [-0.15, -0.1) is 11.3 Å². The fourth-order valence-electron chi connectivity index (χ4n) is 2.87. The number of rotatable bonds is 4. The molecule has 0 aliphatic carbocycles. The third kappa shape index (κ3) is 2.99. The van der Waals surface area contributed by atoms with Gasteiger partial charge in [0.1, 0.15) is 17.0 Å². The number of fused-ring (bicyclic) bond motifs is 3. The molecule has 0 fully saturated rings. The molecule has 4 aromatic rings. The molecule has 126 valence electrons. The van der Waals surface area contributed by atoms with Crippen LogP contribution in [0.25, 0.3) is 31.6 Å². The van der Waals surface area contributed by atoms with Gasteiger partial charge in [0.05, 0.1) is 10.2 Å². The Morgan fingerprint density at radius 3 is 2.76 bits per heavy atom. The van der Waals surface area contributed by atoms with Gasteiger partial charge < -0.3 is 11.1 Å². The van der Waals surface area contributed by atoms with E-state index >= 15 is 0 Å². The van der Waals surface area contributed by atoms with Gasteiger partial charge in [-0.25, -0.2) is 15.0 Å². The Bertz CT molecular complexity index is 1060. The fraction of sp³-hybridized carbons (Fsp3) is 0.167. The van der Waals surface area contributed by atoms with Crippen molar-refractivity contribution in [3.8, 4) is 11.1 Å². The first-order valence-electron chi connectivity index (χ1n) is 7.92. The highest BCUT2D eigenvalue weighted by Crippen LogP contribution is 2.40. The molecule has 0 saturated carbocycles. The SMILES string of the molecule is Cc1cc(-c2ccc(Br)cc2)c2c(n1)sc1c(NCCN)ncnc12. The number of aryl methyl sites for hydroxylation is 1. The molecule has 4 rings (SSSR count). The minimum atomic E-state index is 0.553. The maximum Gasteiger partial charge on any atom is 0.147 e. The van der Waals surface area contributed by atoms with E-state index in [1.807, 2.05) is 6.92 Å². The largest absolute Gasteiger partial charge is 0.368 e. The lowest BCUT2D eigenvalue weighted by molar-refractivity contribution is 1.01. The fourth-order valence-corrected chi connectivity index (χ4v) is 4.30. The van der Waals surface area contributed by atoms with Crippen molar-refractivity contribution in [2.45, 2.75) is 6.92 Å². The Balaban J connectivity index is 2.01. The van der Waals surface area contributed by atoms with Crippen molar-refractivity contribution in [1.82, 2.24) is 15.0 Å². The molecule has 3 aromatic heterocycles. The first-order valence-corrected chi connectivity index (χ1v) is 9.53. The van der Waals surface area contributed by atoms with Crippen LogP contribution < -0.4 is 11.1 Å². The predicted molar refractivity (Wildman–Crippen MR) is 108 cm³/mol. The summed E-state index contributed by atoms with van der Waals surface area (Å²) in [7, 11) is 0. The number of halogens is 1. The quantitative estimate of drug-likeness (QED) is 0.519. The second-order valence-corrected chi connectivity index (χ2v) is 7.63. The smallest absolute Gasteiger partial charge is 0.147 e. The van der Waals surface area contributed by atoms with Gasteiger partial charge in [0.15, 0.2) is 0 Å². The molecule has 1 aromatic carbocycles. The van der Waals surface area contributed by atoms with Gasteiger partial charge >= 0.3 is 0 Å². The van der Waals surface area contributed by atoms with Gasteiger partial charge in [-0.05, 0) is 36.2 Å². The average molecular weight is 414 g/mol. The van der Waals surface area contributed by atoms with Crippen molar-refractivity contribution in [2.75, 3.05) is 18.4 Å². The third-order valence-corrected chi connectivity index (χ3v) is 5.55. The third-order valence-electron chi connectivity index (χ3n) is 3.95. The number of pyridine rings is 1. The van der Waals surface area contributed by atoms with Crippen LogP contribution >= 0.6 is 27.3 Å². The van der Waals surface area contributed by atoms with Crippen LogP contribution in [-0.2, 0) is 0 Å². The topological polar surface area (TPSA) is 76.7 Å². The van der Waals surface area contributed by atoms with E-state index in [2.05, 4.69) is 61.5 Å². The summed E-state index contributed by atoms with van der Waals surface area (Å²) in [6.45, 7) is 3.25. The number of nitrogens with two attached hydrogens (primary N) is 1. The van der Waals surface area contributed by atoms with Gasteiger partial charge in [-0.3, -0.25) is 0 Å². The predicted octanol–water partition coefficient (Wildman–Crippen LogP) is 4.35. The number of aromatic nitrogens is 3. The van der Waals surface area contributed by atoms with Crippen LogP contribution in [0.1, 0.15) is 5.69 Å². The minimum absolute atomic E-state index is 0.553. The maximum absolute atomic E-state index is 5.61. The summed E-state index contributed by atoms with van der Waals surface area (Å²) in [5.74, 6) is 0.817. The lowest BCUT2D eigenvalue weighted by Gasteiger charge is -2.06. The van der Waals surface area contributed by atoms with E-state index in [1.165, 1.54) is 0 Å². The maximum atomic E-state index is 5.61. The summed E-state index contributed by atoms with van der Waals surface area (Å²) in [5.41, 5.74) is 9.82. The summed E-state index contributed by atoms with van der Waals surface area (Å²) >= 11 is 5.11. The second kappa shape index (κ2) is 6.67. The van der Waals surface area contributed by atoms with Crippen LogP contribution in [0.3, 0.4) is 0 Å². The molecular formula is C18H16BrN5S. The van der Waals surface area contributed by atoms with Crippen LogP contribution in [0.5, 0.6) is 0 Å². The Labute approximate surface area is 157 Å². The lowest BCUT2D eigenvalue weighted by Crippen LogP contribution is -2.13. The van der Waals surface area contributed by atoms with E-state index in [0.29, 0.717) is 13.1 Å². The minimum Gasteiger partial charge on any atom is -0.368 e. The van der Waals surface area contributed by atoms with Crippen molar-refractivity contribution < 1.29 is 0 Å². The molecule has 0 bridgehead atoms. The molecule has 0 unspecified atom stereocenters. The zero-order valence-corrected chi connectivity index (χ0v) is 16.0. The molecule has 25 heavy (non-hydrogen) atoms. The normalized spacial score (nSPS) is 11.3. The molecule has 0 spiro atoms. The van der Waals surface area contributed by atoms with Crippen LogP contribution in [-0.4, -0.2) is 28.0 Å². The lowest BCUT2D eigenvalue weighted by atomic mass is 10.0. The summed E-state index contributed by atoms with van der Waals surface area (Å²) < 4.78 is 2.08. The molecule has 3 heterocycles. The number of hydrogen-bond acceptors (Lipinski definition) is 6. The van der Waals surface area contributed by atoms with Gasteiger partial charge in [-0.1, -0.05) is 28.1 Å². The van der Waals surface area contributed by atoms with E-state index in [-0.39, 0.29) is 0 Å². The Morgan fingerprint density at radius 1 is 1.20 bits per heavy atom. The van der Waals surface area contributed by atoms with Crippen molar-refractivity contribution >= 4 is 53.5 Å². The number of hydrogen-bond donors (Lipinski definition) is 2. The number of nitrogens with zero attached hydrogens (tertiary/aromatic N) is 3. The molecule has 3 N–H and O–H groups in total. The first-order chi connectivity index (χ1) is 12.2. The van der Waals surface area contributed by atoms with Crippen molar-refractivity contribution in [1.29, 1.82) is 0 Å². The first kappa shape index (κ1) is 16.4.